The lowest BCUT2D eigenvalue weighted by molar-refractivity contribution is 0.0761. The SMILES string of the molecule is Clc1cc(CBr)ccc1-c1ccccc1C1=NNN(C(c2ccccc2)(c2ccccc2)c2ccccc2)N1. The largest absolute Gasteiger partial charge is 0.281 e. The lowest BCUT2D eigenvalue weighted by atomic mass is 9.77. The Morgan fingerprint density at radius 3 is 1.67 bits per heavy atom. The van der Waals surface area contributed by atoms with Crippen LogP contribution in [0.2, 0.25) is 5.02 Å². The number of nitrogens with zero attached hydrogens (tertiary/aromatic N) is 2. The van der Waals surface area contributed by atoms with Crippen molar-refractivity contribution < 1.29 is 0 Å². The summed E-state index contributed by atoms with van der Waals surface area (Å²) in [7, 11) is 0. The summed E-state index contributed by atoms with van der Waals surface area (Å²) in [5.41, 5.74) is 13.6. The molecule has 6 rings (SSSR count). The van der Waals surface area contributed by atoms with Crippen LogP contribution in [0.25, 0.3) is 11.1 Å². The van der Waals surface area contributed by atoms with E-state index in [1.165, 1.54) is 0 Å². The lowest BCUT2D eigenvalue weighted by Crippen LogP contribution is -2.57. The van der Waals surface area contributed by atoms with Crippen molar-refractivity contribution in [3.8, 4) is 11.1 Å². The molecule has 0 bridgehead atoms. The van der Waals surface area contributed by atoms with Crippen LogP contribution in [0.3, 0.4) is 0 Å². The molecule has 2 N–H and O–H groups in total. The van der Waals surface area contributed by atoms with E-state index in [9.17, 15) is 0 Å². The highest BCUT2D eigenvalue weighted by atomic mass is 79.9. The van der Waals surface area contributed by atoms with E-state index in [1.54, 1.807) is 0 Å². The molecule has 0 radical (unpaired) electrons. The summed E-state index contributed by atoms with van der Waals surface area (Å²) in [4.78, 5) is 0. The summed E-state index contributed by atoms with van der Waals surface area (Å²) >= 11 is 10.3. The molecule has 6 heteroatoms. The van der Waals surface area contributed by atoms with Crippen LogP contribution in [0.1, 0.15) is 27.8 Å². The van der Waals surface area contributed by atoms with Crippen molar-refractivity contribution in [2.75, 3.05) is 0 Å². The van der Waals surface area contributed by atoms with Crippen molar-refractivity contribution in [2.24, 2.45) is 5.10 Å². The van der Waals surface area contributed by atoms with Crippen LogP contribution in [0, 0.1) is 0 Å². The number of hydrazine groups is 2. The number of hydrogen-bond acceptors (Lipinski definition) is 4. The number of hydrogen-bond donors (Lipinski definition) is 2. The molecule has 0 aromatic heterocycles. The van der Waals surface area contributed by atoms with Crippen LogP contribution >= 0.6 is 27.5 Å². The Labute approximate surface area is 242 Å². The Kier molecular flexibility index (Phi) is 7.20. The molecule has 0 atom stereocenters. The van der Waals surface area contributed by atoms with Crippen molar-refractivity contribution in [2.45, 2.75) is 10.9 Å². The molecular formula is C33H26BrClN4. The zero-order valence-corrected chi connectivity index (χ0v) is 23.4. The number of hydrazone groups is 1. The third-order valence-corrected chi connectivity index (χ3v) is 8.01. The molecule has 5 aromatic carbocycles. The topological polar surface area (TPSA) is 39.7 Å². The summed E-state index contributed by atoms with van der Waals surface area (Å²) in [6, 6.07) is 45.8. The van der Waals surface area contributed by atoms with E-state index in [2.05, 4.69) is 124 Å². The highest BCUT2D eigenvalue weighted by Crippen LogP contribution is 2.42. The lowest BCUT2D eigenvalue weighted by Gasteiger charge is -2.42. The third kappa shape index (κ3) is 4.63. The van der Waals surface area contributed by atoms with Gasteiger partial charge < -0.3 is 0 Å². The first-order valence-electron chi connectivity index (χ1n) is 12.7. The number of halogens is 2. The van der Waals surface area contributed by atoms with Crippen molar-refractivity contribution in [1.29, 1.82) is 0 Å². The normalized spacial score (nSPS) is 13.4. The van der Waals surface area contributed by atoms with Crippen LogP contribution in [0.5, 0.6) is 0 Å². The second kappa shape index (κ2) is 11.1. The van der Waals surface area contributed by atoms with Crippen molar-refractivity contribution in [3.63, 3.8) is 0 Å². The summed E-state index contributed by atoms with van der Waals surface area (Å²) < 4.78 is 0. The standard InChI is InChI=1S/C33H26BrClN4/c34-23-24-20-21-29(31(35)22-24)28-18-10-11-19-30(28)32-36-38-39(37-32)33(25-12-4-1-5-13-25,26-14-6-2-7-15-26)27-16-8-3-9-17-27/h1-22,38H,23H2,(H,36,37). The Balaban J connectivity index is 1.47. The molecule has 0 aliphatic carbocycles. The molecule has 39 heavy (non-hydrogen) atoms. The molecule has 0 amide bonds. The molecule has 0 spiro atoms. The molecule has 0 saturated carbocycles. The van der Waals surface area contributed by atoms with E-state index in [0.29, 0.717) is 10.9 Å². The molecule has 0 unspecified atom stereocenters. The highest BCUT2D eigenvalue weighted by molar-refractivity contribution is 9.08. The van der Waals surface area contributed by atoms with E-state index in [1.807, 2.05) is 41.5 Å². The van der Waals surface area contributed by atoms with Crippen LogP contribution in [-0.2, 0) is 10.9 Å². The minimum Gasteiger partial charge on any atom is -0.281 e. The first-order valence-corrected chi connectivity index (χ1v) is 14.2. The Morgan fingerprint density at radius 2 is 1.15 bits per heavy atom. The van der Waals surface area contributed by atoms with Gasteiger partial charge in [0.2, 0.25) is 0 Å². The molecule has 1 aliphatic rings. The number of rotatable bonds is 7. The smallest absolute Gasteiger partial charge is 0.171 e. The fourth-order valence-electron chi connectivity index (χ4n) is 5.25. The van der Waals surface area contributed by atoms with Crippen molar-refractivity contribution in [1.82, 2.24) is 16.1 Å². The third-order valence-electron chi connectivity index (χ3n) is 7.05. The molecule has 4 nitrogen and oxygen atoms in total. The van der Waals surface area contributed by atoms with Crippen molar-refractivity contribution >= 4 is 33.4 Å². The molecule has 0 saturated heterocycles. The van der Waals surface area contributed by atoms with E-state index in [0.717, 1.165) is 44.3 Å². The van der Waals surface area contributed by atoms with Gasteiger partial charge in [0, 0.05) is 21.5 Å². The first-order chi connectivity index (χ1) is 19.2. The van der Waals surface area contributed by atoms with Crippen LogP contribution in [-0.4, -0.2) is 11.0 Å². The van der Waals surface area contributed by atoms with E-state index >= 15 is 0 Å². The van der Waals surface area contributed by atoms with Crippen LogP contribution in [0.4, 0.5) is 0 Å². The molecular weight excluding hydrogens is 568 g/mol. The molecule has 1 heterocycles. The highest BCUT2D eigenvalue weighted by Gasteiger charge is 2.45. The van der Waals surface area contributed by atoms with Gasteiger partial charge in [-0.3, -0.25) is 5.43 Å². The average molecular weight is 594 g/mol. The summed E-state index contributed by atoms with van der Waals surface area (Å²) in [5.74, 6) is 0.707. The van der Waals surface area contributed by atoms with Gasteiger partial charge in [0.1, 0.15) is 5.54 Å². The fourth-order valence-corrected chi connectivity index (χ4v) is 5.90. The van der Waals surface area contributed by atoms with Gasteiger partial charge in [0.15, 0.2) is 5.84 Å². The van der Waals surface area contributed by atoms with Gasteiger partial charge in [-0.05, 0) is 33.9 Å². The number of nitrogens with one attached hydrogen (secondary N) is 2. The quantitative estimate of drug-likeness (QED) is 0.149. The van der Waals surface area contributed by atoms with Gasteiger partial charge in [-0.15, -0.1) is 5.10 Å². The van der Waals surface area contributed by atoms with E-state index in [-0.39, 0.29) is 0 Å². The Hall–Kier alpha value is -3.90. The average Bonchev–Trinajstić information content (AvgIpc) is 3.49. The predicted octanol–water partition coefficient (Wildman–Crippen LogP) is 7.88. The minimum absolute atomic E-state index is 0.704. The second-order valence-corrected chi connectivity index (χ2v) is 10.3. The van der Waals surface area contributed by atoms with Gasteiger partial charge in [-0.2, -0.15) is 0 Å². The maximum Gasteiger partial charge on any atom is 0.171 e. The maximum absolute atomic E-state index is 6.76. The monoisotopic (exact) mass is 592 g/mol. The molecule has 1 aliphatic heterocycles. The predicted molar refractivity (Wildman–Crippen MR) is 163 cm³/mol. The van der Waals surface area contributed by atoms with Gasteiger partial charge in [-0.1, -0.05) is 160 Å². The number of benzene rings is 5. The Bertz CT molecular complexity index is 1510. The minimum atomic E-state index is -0.723. The van der Waals surface area contributed by atoms with Crippen LogP contribution in [0.15, 0.2) is 139 Å². The fraction of sp³-hybridized carbons (Fsp3) is 0.0606. The first kappa shape index (κ1) is 25.4. The van der Waals surface area contributed by atoms with Crippen molar-refractivity contribution in [3.05, 3.63) is 166 Å². The Morgan fingerprint density at radius 1 is 0.641 bits per heavy atom. The molecule has 192 valence electrons. The number of amidine groups is 1. The second-order valence-electron chi connectivity index (χ2n) is 9.31. The zero-order valence-electron chi connectivity index (χ0n) is 21.1. The summed E-state index contributed by atoms with van der Waals surface area (Å²) in [6.45, 7) is 0. The molecule has 0 fully saturated rings. The zero-order chi connectivity index (χ0) is 26.7. The van der Waals surface area contributed by atoms with Crippen LogP contribution < -0.4 is 11.0 Å². The van der Waals surface area contributed by atoms with Gasteiger partial charge in [-0.25, -0.2) is 5.53 Å². The number of alkyl halides is 1. The maximum atomic E-state index is 6.76. The van der Waals surface area contributed by atoms with Gasteiger partial charge in [0.25, 0.3) is 0 Å². The van der Waals surface area contributed by atoms with Gasteiger partial charge >= 0.3 is 0 Å². The van der Waals surface area contributed by atoms with E-state index in [4.69, 9.17) is 16.7 Å². The van der Waals surface area contributed by atoms with E-state index < -0.39 is 5.54 Å². The molecule has 5 aromatic rings. The summed E-state index contributed by atoms with van der Waals surface area (Å²) in [6.07, 6.45) is 0. The summed E-state index contributed by atoms with van der Waals surface area (Å²) in [5, 5.41) is 8.26. The van der Waals surface area contributed by atoms with Gasteiger partial charge in [0.05, 0.1) is 0 Å².